The van der Waals surface area contributed by atoms with Crippen LogP contribution in [0.25, 0.3) is 10.1 Å². The maximum atomic E-state index is 13.0. The number of hydrogen-bond donors (Lipinski definition) is 0. The fraction of sp³-hybridized carbons (Fsp3) is 0.200. The van der Waals surface area contributed by atoms with E-state index in [9.17, 15) is 19.7 Å². The van der Waals surface area contributed by atoms with Crippen molar-refractivity contribution in [1.29, 1.82) is 0 Å². The molecule has 2 aromatic carbocycles. The van der Waals surface area contributed by atoms with Gasteiger partial charge in [-0.1, -0.05) is 29.3 Å². The van der Waals surface area contributed by atoms with Crippen molar-refractivity contribution >= 4 is 62.1 Å². The maximum Gasteiger partial charge on any atom is 0.269 e. The van der Waals surface area contributed by atoms with E-state index in [0.29, 0.717) is 46.7 Å². The molecule has 3 aromatic rings. The van der Waals surface area contributed by atoms with Crippen LogP contribution in [0.1, 0.15) is 20.0 Å². The molecule has 1 fully saturated rings. The smallest absolute Gasteiger partial charge is 0.269 e. The van der Waals surface area contributed by atoms with Gasteiger partial charge in [0.15, 0.2) is 0 Å². The molecular weight excluding hydrogens is 449 g/mol. The standard InChI is InChI=1S/C20H15Cl2N3O4S/c21-13-3-6-15-16(11-13)30-18(17(15)22)20(27)24-9-7-23(8-10-24)19(26)12-1-4-14(5-2-12)25(28)29/h1-6,11H,7-10H2. The van der Waals surface area contributed by atoms with Crippen molar-refractivity contribution in [3.63, 3.8) is 0 Å². The average Bonchev–Trinajstić information content (AvgIpc) is 3.08. The Morgan fingerprint density at radius 1 is 0.933 bits per heavy atom. The summed E-state index contributed by atoms with van der Waals surface area (Å²) in [5.41, 5.74) is 0.313. The van der Waals surface area contributed by atoms with E-state index >= 15 is 0 Å². The van der Waals surface area contributed by atoms with Gasteiger partial charge in [0.2, 0.25) is 0 Å². The number of nitro groups is 1. The average molecular weight is 464 g/mol. The zero-order valence-corrected chi connectivity index (χ0v) is 17.8. The molecule has 2 amide bonds. The first-order valence-electron chi connectivity index (χ1n) is 9.05. The number of carbonyl (C=O) groups is 2. The number of nitro benzene ring substituents is 1. The summed E-state index contributed by atoms with van der Waals surface area (Å²) in [7, 11) is 0. The first kappa shape index (κ1) is 20.6. The number of non-ortho nitro benzene ring substituents is 1. The maximum absolute atomic E-state index is 13.0. The Bertz CT molecular complexity index is 1150. The Morgan fingerprint density at radius 2 is 1.53 bits per heavy atom. The molecule has 0 bridgehead atoms. The fourth-order valence-corrected chi connectivity index (χ4v) is 5.10. The van der Waals surface area contributed by atoms with Crippen LogP contribution in [-0.4, -0.2) is 52.7 Å². The summed E-state index contributed by atoms with van der Waals surface area (Å²) >= 11 is 13.8. The highest BCUT2D eigenvalue weighted by atomic mass is 35.5. The number of thiophene rings is 1. The van der Waals surface area contributed by atoms with Crippen LogP contribution >= 0.6 is 34.5 Å². The summed E-state index contributed by atoms with van der Waals surface area (Å²) in [5, 5.41) is 12.5. The summed E-state index contributed by atoms with van der Waals surface area (Å²) < 4.78 is 0.850. The van der Waals surface area contributed by atoms with E-state index in [-0.39, 0.29) is 17.5 Å². The second-order valence-electron chi connectivity index (χ2n) is 6.77. The van der Waals surface area contributed by atoms with Crippen LogP contribution in [0.3, 0.4) is 0 Å². The van der Waals surface area contributed by atoms with Crippen molar-refractivity contribution in [1.82, 2.24) is 9.80 Å². The van der Waals surface area contributed by atoms with Crippen LogP contribution < -0.4 is 0 Å². The van der Waals surface area contributed by atoms with Crippen molar-refractivity contribution < 1.29 is 14.5 Å². The molecule has 0 saturated carbocycles. The summed E-state index contributed by atoms with van der Waals surface area (Å²) in [6.07, 6.45) is 0. The zero-order valence-electron chi connectivity index (χ0n) is 15.5. The van der Waals surface area contributed by atoms with Crippen molar-refractivity contribution in [3.8, 4) is 0 Å². The van der Waals surface area contributed by atoms with Crippen molar-refractivity contribution in [2.24, 2.45) is 0 Å². The number of nitrogens with zero attached hydrogens (tertiary/aromatic N) is 3. The van der Waals surface area contributed by atoms with E-state index in [1.165, 1.54) is 35.6 Å². The van der Waals surface area contributed by atoms with Crippen LogP contribution in [-0.2, 0) is 0 Å². The molecule has 0 atom stereocenters. The predicted octanol–water partition coefficient (Wildman–Crippen LogP) is 4.71. The van der Waals surface area contributed by atoms with Crippen LogP contribution in [0.4, 0.5) is 5.69 Å². The Kier molecular flexibility index (Phi) is 5.64. The summed E-state index contributed by atoms with van der Waals surface area (Å²) in [4.78, 5) is 39.7. The molecule has 0 aliphatic carbocycles. The third kappa shape index (κ3) is 3.86. The van der Waals surface area contributed by atoms with Gasteiger partial charge in [0.05, 0.1) is 9.95 Å². The molecule has 4 rings (SSSR count). The van der Waals surface area contributed by atoms with E-state index in [1.54, 1.807) is 28.0 Å². The lowest BCUT2D eigenvalue weighted by Crippen LogP contribution is -2.50. The lowest BCUT2D eigenvalue weighted by molar-refractivity contribution is -0.384. The van der Waals surface area contributed by atoms with Crippen molar-refractivity contribution in [2.75, 3.05) is 26.2 Å². The largest absolute Gasteiger partial charge is 0.335 e. The zero-order chi connectivity index (χ0) is 21.4. The monoisotopic (exact) mass is 463 g/mol. The van der Waals surface area contributed by atoms with Gasteiger partial charge in [-0.25, -0.2) is 0 Å². The molecule has 0 radical (unpaired) electrons. The number of amides is 2. The second kappa shape index (κ2) is 8.22. The van der Waals surface area contributed by atoms with Gasteiger partial charge < -0.3 is 9.80 Å². The highest BCUT2D eigenvalue weighted by molar-refractivity contribution is 7.21. The van der Waals surface area contributed by atoms with Gasteiger partial charge in [0, 0.05) is 59.0 Å². The molecule has 30 heavy (non-hydrogen) atoms. The molecule has 0 N–H and O–H groups in total. The van der Waals surface area contributed by atoms with Gasteiger partial charge >= 0.3 is 0 Å². The van der Waals surface area contributed by atoms with Gasteiger partial charge in [-0.15, -0.1) is 11.3 Å². The number of benzene rings is 2. The molecule has 1 saturated heterocycles. The predicted molar refractivity (Wildman–Crippen MR) is 117 cm³/mol. The highest BCUT2D eigenvalue weighted by Crippen LogP contribution is 2.37. The normalized spacial score (nSPS) is 14.2. The van der Waals surface area contributed by atoms with E-state index in [1.807, 2.05) is 0 Å². The number of hydrogen-bond acceptors (Lipinski definition) is 5. The quantitative estimate of drug-likeness (QED) is 0.415. The Balaban J connectivity index is 1.44. The van der Waals surface area contributed by atoms with Crippen LogP contribution in [0, 0.1) is 10.1 Å². The van der Waals surface area contributed by atoms with Crippen molar-refractivity contribution in [2.45, 2.75) is 0 Å². The number of fused-ring (bicyclic) bond motifs is 1. The van der Waals surface area contributed by atoms with Crippen LogP contribution in [0.2, 0.25) is 10.0 Å². The molecule has 1 aliphatic heterocycles. The highest BCUT2D eigenvalue weighted by Gasteiger charge is 2.28. The third-order valence-corrected chi connectivity index (χ3v) is 6.85. The molecule has 2 heterocycles. The van der Waals surface area contributed by atoms with Crippen molar-refractivity contribution in [3.05, 3.63) is 73.1 Å². The summed E-state index contributed by atoms with van der Waals surface area (Å²) in [5.74, 6) is -0.383. The van der Waals surface area contributed by atoms with Gasteiger partial charge in [-0.3, -0.25) is 19.7 Å². The fourth-order valence-electron chi connectivity index (χ4n) is 3.34. The summed E-state index contributed by atoms with van der Waals surface area (Å²) in [6, 6.07) is 10.8. The van der Waals surface area contributed by atoms with Crippen LogP contribution in [0.5, 0.6) is 0 Å². The van der Waals surface area contributed by atoms with Gasteiger partial charge in [-0.2, -0.15) is 0 Å². The van der Waals surface area contributed by atoms with E-state index in [2.05, 4.69) is 0 Å². The van der Waals surface area contributed by atoms with E-state index < -0.39 is 4.92 Å². The second-order valence-corrected chi connectivity index (χ2v) is 8.64. The Labute approximate surface area is 185 Å². The number of carbonyl (C=O) groups excluding carboxylic acids is 2. The van der Waals surface area contributed by atoms with E-state index in [0.717, 1.165) is 10.1 Å². The SMILES string of the molecule is O=C(c1ccc([N+](=O)[O-])cc1)N1CCN(C(=O)c2sc3cc(Cl)ccc3c2Cl)CC1. The third-order valence-electron chi connectivity index (χ3n) is 4.96. The van der Waals surface area contributed by atoms with Crippen LogP contribution in [0.15, 0.2) is 42.5 Å². The number of rotatable bonds is 3. The minimum Gasteiger partial charge on any atom is -0.335 e. The minimum atomic E-state index is -0.508. The lowest BCUT2D eigenvalue weighted by Gasteiger charge is -2.34. The lowest BCUT2D eigenvalue weighted by atomic mass is 10.1. The topological polar surface area (TPSA) is 83.8 Å². The Morgan fingerprint density at radius 3 is 2.13 bits per heavy atom. The minimum absolute atomic E-state index is 0.0662. The summed E-state index contributed by atoms with van der Waals surface area (Å²) in [6.45, 7) is 1.50. The molecular formula is C20H15Cl2N3O4S. The Hall–Kier alpha value is -2.68. The van der Waals surface area contributed by atoms with E-state index in [4.69, 9.17) is 23.2 Å². The molecule has 1 aliphatic rings. The van der Waals surface area contributed by atoms with Gasteiger partial charge in [0.1, 0.15) is 4.88 Å². The van der Waals surface area contributed by atoms with Gasteiger partial charge in [0.25, 0.3) is 17.5 Å². The number of halogens is 2. The first-order valence-corrected chi connectivity index (χ1v) is 10.6. The number of piperazine rings is 1. The first-order chi connectivity index (χ1) is 14.3. The molecule has 1 aromatic heterocycles. The molecule has 7 nitrogen and oxygen atoms in total. The molecule has 154 valence electrons. The van der Waals surface area contributed by atoms with Gasteiger partial charge in [-0.05, 0) is 24.3 Å². The molecule has 10 heteroatoms. The molecule has 0 spiro atoms. The molecule has 0 unspecified atom stereocenters.